The first-order valence-corrected chi connectivity index (χ1v) is 12.4. The fourth-order valence-corrected chi connectivity index (χ4v) is 5.50. The Labute approximate surface area is 200 Å². The molecule has 0 radical (unpaired) electrons. The van der Waals surface area contributed by atoms with E-state index in [1.54, 1.807) is 12.1 Å². The molecule has 2 aliphatic heterocycles. The summed E-state index contributed by atoms with van der Waals surface area (Å²) < 4.78 is 2.22. The summed E-state index contributed by atoms with van der Waals surface area (Å²) >= 11 is 0. The summed E-state index contributed by atoms with van der Waals surface area (Å²) in [7, 11) is 0. The second-order valence-electron chi connectivity index (χ2n) is 9.50. The van der Waals surface area contributed by atoms with Gasteiger partial charge in [-0.25, -0.2) is 14.8 Å². The molecule has 3 aromatic rings. The molecule has 0 saturated carbocycles. The molecule has 0 bridgehead atoms. The molecule has 2 aliphatic rings. The zero-order chi connectivity index (χ0) is 23.5. The van der Waals surface area contributed by atoms with Crippen molar-refractivity contribution in [1.82, 2.24) is 24.3 Å². The van der Waals surface area contributed by atoms with E-state index in [0.29, 0.717) is 11.5 Å². The molecule has 1 unspecified atom stereocenters. The van der Waals surface area contributed by atoms with Gasteiger partial charge in [0.25, 0.3) is 0 Å². The third-order valence-electron chi connectivity index (χ3n) is 7.22. The number of fused-ring (bicyclic) bond motifs is 1. The number of aromatic carboxylic acids is 1. The molecule has 2 saturated heterocycles. The van der Waals surface area contributed by atoms with Crippen LogP contribution in [-0.4, -0.2) is 81.2 Å². The van der Waals surface area contributed by atoms with Gasteiger partial charge in [0, 0.05) is 52.0 Å². The number of aryl methyl sites for hydroxylation is 1. The van der Waals surface area contributed by atoms with Gasteiger partial charge < -0.3 is 14.6 Å². The lowest BCUT2D eigenvalue weighted by molar-refractivity contribution is 0.0697. The first kappa shape index (κ1) is 22.8. The smallest absolute Gasteiger partial charge is 0.335 e. The first-order chi connectivity index (χ1) is 16.6. The van der Waals surface area contributed by atoms with Crippen molar-refractivity contribution in [1.29, 1.82) is 0 Å². The van der Waals surface area contributed by atoms with Crippen LogP contribution in [0.15, 0.2) is 42.6 Å². The van der Waals surface area contributed by atoms with Crippen molar-refractivity contribution < 1.29 is 9.90 Å². The van der Waals surface area contributed by atoms with E-state index in [4.69, 9.17) is 4.98 Å². The zero-order valence-corrected chi connectivity index (χ0v) is 19.9. The topological polar surface area (TPSA) is 77.7 Å². The number of carboxylic acids is 1. The number of piperazine rings is 1. The summed E-state index contributed by atoms with van der Waals surface area (Å²) in [6.07, 6.45) is 4.37. The number of anilines is 1. The highest BCUT2D eigenvalue weighted by Crippen LogP contribution is 2.23. The monoisotopic (exact) mass is 462 g/mol. The van der Waals surface area contributed by atoms with E-state index in [1.807, 2.05) is 18.3 Å². The van der Waals surface area contributed by atoms with E-state index < -0.39 is 5.97 Å². The van der Waals surface area contributed by atoms with Crippen molar-refractivity contribution in [3.8, 4) is 0 Å². The number of aromatic nitrogens is 3. The van der Waals surface area contributed by atoms with E-state index in [2.05, 4.69) is 43.3 Å². The number of rotatable bonds is 7. The summed E-state index contributed by atoms with van der Waals surface area (Å²) in [5.41, 5.74) is 2.08. The van der Waals surface area contributed by atoms with Gasteiger partial charge in [0.05, 0.1) is 23.1 Å². The maximum atomic E-state index is 11.4. The summed E-state index contributed by atoms with van der Waals surface area (Å²) in [6.45, 7) is 11.3. The Hall–Kier alpha value is -2.97. The number of piperidine rings is 1. The predicted octanol–water partition coefficient (Wildman–Crippen LogP) is 3.18. The third kappa shape index (κ3) is 4.93. The van der Waals surface area contributed by atoms with Gasteiger partial charge in [0.1, 0.15) is 11.6 Å². The van der Waals surface area contributed by atoms with Gasteiger partial charge in [0.2, 0.25) is 0 Å². The number of hydrogen-bond acceptors (Lipinski definition) is 6. The second-order valence-corrected chi connectivity index (χ2v) is 9.50. The highest BCUT2D eigenvalue weighted by molar-refractivity contribution is 5.92. The number of benzene rings is 1. The molecule has 4 heterocycles. The molecule has 8 nitrogen and oxygen atoms in total. The summed E-state index contributed by atoms with van der Waals surface area (Å²) in [5.74, 6) is 1.88. The number of imidazole rings is 1. The molecule has 5 rings (SSSR count). The Bertz CT molecular complexity index is 1120. The number of carboxylic acid groups (broad SMARTS) is 1. The molecular weight excluding hydrogens is 428 g/mol. The number of carbonyl (C=O) groups is 1. The van der Waals surface area contributed by atoms with E-state index >= 15 is 0 Å². The fraction of sp³-hybridized carbons (Fsp3) is 0.500. The lowest BCUT2D eigenvalue weighted by Crippen LogP contribution is -2.49. The number of pyridine rings is 1. The summed E-state index contributed by atoms with van der Waals surface area (Å²) in [5, 5.41) is 9.32. The van der Waals surface area contributed by atoms with Crippen LogP contribution in [-0.2, 0) is 13.1 Å². The van der Waals surface area contributed by atoms with Gasteiger partial charge >= 0.3 is 5.97 Å². The summed E-state index contributed by atoms with van der Waals surface area (Å²) in [6, 6.07) is 11.4. The maximum absolute atomic E-state index is 11.4. The number of nitrogens with zero attached hydrogens (tertiary/aromatic N) is 6. The van der Waals surface area contributed by atoms with Crippen LogP contribution in [0.3, 0.4) is 0 Å². The molecule has 8 heteroatoms. The largest absolute Gasteiger partial charge is 0.478 e. The molecule has 1 atom stereocenters. The minimum Gasteiger partial charge on any atom is -0.478 e. The first-order valence-electron chi connectivity index (χ1n) is 12.4. The van der Waals surface area contributed by atoms with Crippen LogP contribution in [0.5, 0.6) is 0 Å². The Balaban J connectivity index is 1.19. The van der Waals surface area contributed by atoms with Gasteiger partial charge in [-0.05, 0) is 62.6 Å². The molecule has 1 N–H and O–H groups in total. The SMILES string of the molecule is CCn1c(CN2CCCC(CN3CCN(c4ccccn4)CC3)C2)nc2cc(C(=O)O)ccc21. The molecule has 34 heavy (non-hydrogen) atoms. The van der Waals surface area contributed by atoms with Gasteiger partial charge in [-0.2, -0.15) is 0 Å². The average Bonchev–Trinajstić information content (AvgIpc) is 3.21. The fourth-order valence-electron chi connectivity index (χ4n) is 5.50. The van der Waals surface area contributed by atoms with E-state index in [0.717, 1.165) is 81.6 Å². The lowest BCUT2D eigenvalue weighted by atomic mass is 9.97. The van der Waals surface area contributed by atoms with Crippen LogP contribution in [0.1, 0.15) is 35.9 Å². The molecule has 0 amide bonds. The molecule has 0 spiro atoms. The molecule has 0 aliphatic carbocycles. The second kappa shape index (κ2) is 10.1. The Kier molecular flexibility index (Phi) is 6.78. The van der Waals surface area contributed by atoms with Gasteiger partial charge in [0.15, 0.2) is 0 Å². The number of likely N-dealkylation sites (tertiary alicyclic amines) is 1. The van der Waals surface area contributed by atoms with E-state index in [-0.39, 0.29) is 0 Å². The Morgan fingerprint density at radius 1 is 1.09 bits per heavy atom. The maximum Gasteiger partial charge on any atom is 0.335 e. The Morgan fingerprint density at radius 2 is 1.94 bits per heavy atom. The summed E-state index contributed by atoms with van der Waals surface area (Å²) in [4.78, 5) is 28.2. The van der Waals surface area contributed by atoms with Crippen LogP contribution in [0.2, 0.25) is 0 Å². The van der Waals surface area contributed by atoms with Crippen molar-refractivity contribution in [2.75, 3.05) is 50.7 Å². The average molecular weight is 463 g/mol. The lowest BCUT2D eigenvalue weighted by Gasteiger charge is -2.39. The van der Waals surface area contributed by atoms with Crippen LogP contribution in [0, 0.1) is 5.92 Å². The molecule has 2 aromatic heterocycles. The van der Waals surface area contributed by atoms with Crippen molar-refractivity contribution in [2.24, 2.45) is 5.92 Å². The molecule has 180 valence electrons. The van der Waals surface area contributed by atoms with Crippen molar-refractivity contribution in [3.05, 3.63) is 54.0 Å². The quantitative estimate of drug-likeness (QED) is 0.578. The Morgan fingerprint density at radius 3 is 2.68 bits per heavy atom. The minimum absolute atomic E-state index is 0.293. The van der Waals surface area contributed by atoms with Crippen molar-refractivity contribution in [2.45, 2.75) is 32.9 Å². The highest BCUT2D eigenvalue weighted by Gasteiger charge is 2.26. The third-order valence-corrected chi connectivity index (χ3v) is 7.22. The van der Waals surface area contributed by atoms with Gasteiger partial charge in [-0.15, -0.1) is 0 Å². The van der Waals surface area contributed by atoms with E-state index in [9.17, 15) is 9.90 Å². The van der Waals surface area contributed by atoms with Crippen molar-refractivity contribution in [3.63, 3.8) is 0 Å². The van der Waals surface area contributed by atoms with Crippen LogP contribution < -0.4 is 4.90 Å². The van der Waals surface area contributed by atoms with Gasteiger partial charge in [-0.3, -0.25) is 9.80 Å². The standard InChI is InChI=1S/C26H34N6O2/c1-2-32-23-9-8-21(26(33)34)16-22(23)28-25(32)19-30-11-5-6-20(18-30)17-29-12-14-31(15-13-29)24-7-3-4-10-27-24/h3-4,7-10,16,20H,2,5-6,11-15,17-19H2,1H3,(H,33,34). The molecule has 1 aromatic carbocycles. The molecule has 2 fully saturated rings. The van der Waals surface area contributed by atoms with Crippen LogP contribution in [0.4, 0.5) is 5.82 Å². The zero-order valence-electron chi connectivity index (χ0n) is 19.9. The van der Waals surface area contributed by atoms with Crippen LogP contribution >= 0.6 is 0 Å². The predicted molar refractivity (Wildman–Crippen MR) is 133 cm³/mol. The normalized spacial score (nSPS) is 20.1. The highest BCUT2D eigenvalue weighted by atomic mass is 16.4. The molecular formula is C26H34N6O2. The van der Waals surface area contributed by atoms with Crippen LogP contribution in [0.25, 0.3) is 11.0 Å². The minimum atomic E-state index is -0.908. The van der Waals surface area contributed by atoms with Crippen molar-refractivity contribution >= 4 is 22.8 Å². The van der Waals surface area contributed by atoms with Gasteiger partial charge in [-0.1, -0.05) is 6.07 Å². The van der Waals surface area contributed by atoms with E-state index in [1.165, 1.54) is 12.8 Å². The number of hydrogen-bond donors (Lipinski definition) is 1.